The molecule has 0 spiro atoms. The van der Waals surface area contributed by atoms with E-state index >= 15 is 0 Å². The van der Waals surface area contributed by atoms with E-state index in [-0.39, 0.29) is 18.4 Å². The smallest absolute Gasteiger partial charge is 0.227 e. The largest absolute Gasteiger partial charge is 0.396 e. The van der Waals surface area contributed by atoms with Gasteiger partial charge in [0.25, 0.3) is 0 Å². The first-order chi connectivity index (χ1) is 4.68. The quantitative estimate of drug-likeness (QED) is 0.546. The summed E-state index contributed by atoms with van der Waals surface area (Å²) >= 11 is 0. The van der Waals surface area contributed by atoms with Crippen molar-refractivity contribution in [2.45, 2.75) is 19.4 Å². The lowest BCUT2D eigenvalue weighted by atomic mass is 9.87. The number of β-lactam (4-membered cyclic amide) rings is 1. The fourth-order valence-corrected chi connectivity index (χ4v) is 1.36. The van der Waals surface area contributed by atoms with Crippen LogP contribution in [0.1, 0.15) is 13.3 Å². The number of amides is 1. The highest BCUT2D eigenvalue weighted by atomic mass is 16.3. The van der Waals surface area contributed by atoms with Gasteiger partial charge >= 0.3 is 0 Å². The molecule has 0 radical (unpaired) electrons. The molecule has 1 rings (SSSR count). The van der Waals surface area contributed by atoms with Crippen molar-refractivity contribution in [2.24, 2.45) is 5.92 Å². The van der Waals surface area contributed by atoms with Crippen LogP contribution in [0.3, 0.4) is 0 Å². The molecule has 1 saturated heterocycles. The summed E-state index contributed by atoms with van der Waals surface area (Å²) in [5.41, 5.74) is 0. The van der Waals surface area contributed by atoms with Gasteiger partial charge in [-0.05, 0) is 13.3 Å². The molecule has 1 N–H and O–H groups in total. The SMILES string of the molecule is C[C@H]1C(CCO)C(=O)N1C. The summed E-state index contributed by atoms with van der Waals surface area (Å²) in [6.07, 6.45) is 0.615. The van der Waals surface area contributed by atoms with Crippen LogP contribution >= 0.6 is 0 Å². The Bertz CT molecular complexity index is 147. The molecule has 0 aliphatic carbocycles. The number of carbonyl (C=O) groups excluding carboxylic acids is 1. The van der Waals surface area contributed by atoms with E-state index in [2.05, 4.69) is 0 Å². The number of hydrogen-bond acceptors (Lipinski definition) is 2. The molecular formula is C7H13NO2. The zero-order valence-corrected chi connectivity index (χ0v) is 6.37. The fourth-order valence-electron chi connectivity index (χ4n) is 1.36. The van der Waals surface area contributed by atoms with E-state index in [1.54, 1.807) is 11.9 Å². The lowest BCUT2D eigenvalue weighted by molar-refractivity contribution is -0.153. The van der Waals surface area contributed by atoms with Crippen LogP contribution < -0.4 is 0 Å². The van der Waals surface area contributed by atoms with Crippen molar-refractivity contribution in [1.82, 2.24) is 4.90 Å². The summed E-state index contributed by atoms with van der Waals surface area (Å²) in [5.74, 6) is 0.247. The van der Waals surface area contributed by atoms with Crippen molar-refractivity contribution in [1.29, 1.82) is 0 Å². The van der Waals surface area contributed by atoms with Crippen LogP contribution in [0, 0.1) is 5.92 Å². The number of aliphatic hydroxyl groups is 1. The van der Waals surface area contributed by atoms with Crippen molar-refractivity contribution >= 4 is 5.91 Å². The van der Waals surface area contributed by atoms with Gasteiger partial charge in [0.2, 0.25) is 5.91 Å². The Morgan fingerprint density at radius 2 is 2.30 bits per heavy atom. The Morgan fingerprint density at radius 3 is 2.70 bits per heavy atom. The molecule has 58 valence electrons. The summed E-state index contributed by atoms with van der Waals surface area (Å²) < 4.78 is 0. The summed E-state index contributed by atoms with van der Waals surface area (Å²) in [4.78, 5) is 12.7. The minimum atomic E-state index is 0.0787. The highest BCUT2D eigenvalue weighted by molar-refractivity contribution is 5.85. The summed E-state index contributed by atoms with van der Waals surface area (Å²) in [5, 5.41) is 8.55. The van der Waals surface area contributed by atoms with Crippen molar-refractivity contribution in [3.63, 3.8) is 0 Å². The molecule has 0 bridgehead atoms. The van der Waals surface area contributed by atoms with Crippen LogP contribution in [0.25, 0.3) is 0 Å². The van der Waals surface area contributed by atoms with E-state index in [4.69, 9.17) is 5.11 Å². The topological polar surface area (TPSA) is 40.5 Å². The van der Waals surface area contributed by atoms with Crippen molar-refractivity contribution < 1.29 is 9.90 Å². The van der Waals surface area contributed by atoms with E-state index in [9.17, 15) is 4.79 Å². The maximum absolute atomic E-state index is 11.0. The second kappa shape index (κ2) is 2.58. The van der Waals surface area contributed by atoms with Crippen molar-refractivity contribution in [2.75, 3.05) is 13.7 Å². The molecule has 2 atom stereocenters. The molecule has 3 heteroatoms. The van der Waals surface area contributed by atoms with Gasteiger partial charge in [0.05, 0.1) is 5.92 Å². The standard InChI is InChI=1S/C7H13NO2/c1-5-6(3-4-9)7(10)8(5)2/h5-6,9H,3-4H2,1-2H3/t5-,6?/m0/s1. The van der Waals surface area contributed by atoms with Crippen LogP contribution in [0.4, 0.5) is 0 Å². The molecule has 1 aliphatic rings. The Labute approximate surface area is 60.6 Å². The number of hydrogen-bond donors (Lipinski definition) is 1. The van der Waals surface area contributed by atoms with Gasteiger partial charge in [-0.3, -0.25) is 4.79 Å². The van der Waals surface area contributed by atoms with E-state index in [1.807, 2.05) is 6.92 Å². The van der Waals surface area contributed by atoms with Gasteiger partial charge in [-0.1, -0.05) is 0 Å². The highest BCUT2D eigenvalue weighted by Crippen LogP contribution is 2.26. The van der Waals surface area contributed by atoms with E-state index < -0.39 is 0 Å². The fraction of sp³-hybridized carbons (Fsp3) is 0.857. The monoisotopic (exact) mass is 143 g/mol. The lowest BCUT2D eigenvalue weighted by Gasteiger charge is -2.42. The molecule has 10 heavy (non-hydrogen) atoms. The first-order valence-electron chi connectivity index (χ1n) is 3.56. The van der Waals surface area contributed by atoms with Gasteiger partial charge < -0.3 is 10.0 Å². The third kappa shape index (κ3) is 0.904. The number of likely N-dealkylation sites (tertiary alicyclic amines) is 1. The Kier molecular flexibility index (Phi) is 1.94. The first-order valence-corrected chi connectivity index (χ1v) is 3.56. The maximum Gasteiger partial charge on any atom is 0.227 e. The third-order valence-corrected chi connectivity index (χ3v) is 2.30. The normalized spacial score (nSPS) is 32.3. The summed E-state index contributed by atoms with van der Waals surface area (Å²) in [6.45, 7) is 2.12. The summed E-state index contributed by atoms with van der Waals surface area (Å²) in [7, 11) is 1.79. The molecule has 0 aromatic heterocycles. The average Bonchev–Trinajstić information content (AvgIpc) is 1.98. The molecule has 1 amide bonds. The van der Waals surface area contributed by atoms with Gasteiger partial charge in [0.1, 0.15) is 0 Å². The first kappa shape index (κ1) is 7.54. The molecule has 1 heterocycles. The van der Waals surface area contributed by atoms with E-state index in [1.165, 1.54) is 0 Å². The predicted molar refractivity (Wildman–Crippen MR) is 37.4 cm³/mol. The Balaban J connectivity index is 2.42. The third-order valence-electron chi connectivity index (χ3n) is 2.30. The zero-order chi connectivity index (χ0) is 7.72. The van der Waals surface area contributed by atoms with E-state index in [0.29, 0.717) is 12.5 Å². The Hall–Kier alpha value is -0.570. The van der Waals surface area contributed by atoms with Crippen molar-refractivity contribution in [3.05, 3.63) is 0 Å². The second-order valence-electron chi connectivity index (χ2n) is 2.81. The van der Waals surface area contributed by atoms with Gasteiger partial charge in [-0.15, -0.1) is 0 Å². The van der Waals surface area contributed by atoms with E-state index in [0.717, 1.165) is 0 Å². The van der Waals surface area contributed by atoms with Gasteiger partial charge in [-0.2, -0.15) is 0 Å². The molecule has 1 unspecified atom stereocenters. The molecule has 1 aliphatic heterocycles. The molecule has 0 aromatic carbocycles. The van der Waals surface area contributed by atoms with Crippen LogP contribution in [0.2, 0.25) is 0 Å². The summed E-state index contributed by atoms with van der Waals surface area (Å²) in [6, 6.07) is 0.319. The number of carbonyl (C=O) groups is 1. The highest BCUT2D eigenvalue weighted by Gasteiger charge is 2.40. The number of nitrogens with zero attached hydrogens (tertiary/aromatic N) is 1. The number of rotatable bonds is 2. The predicted octanol–water partition coefficient (Wildman–Crippen LogP) is -0.155. The minimum absolute atomic E-state index is 0.0787. The van der Waals surface area contributed by atoms with Gasteiger partial charge in [-0.25, -0.2) is 0 Å². The molecule has 1 fully saturated rings. The van der Waals surface area contributed by atoms with Crippen LogP contribution in [0.15, 0.2) is 0 Å². The van der Waals surface area contributed by atoms with Crippen LogP contribution in [0.5, 0.6) is 0 Å². The van der Waals surface area contributed by atoms with Crippen LogP contribution in [-0.2, 0) is 4.79 Å². The van der Waals surface area contributed by atoms with Gasteiger partial charge in [0, 0.05) is 19.7 Å². The van der Waals surface area contributed by atoms with Crippen molar-refractivity contribution in [3.8, 4) is 0 Å². The second-order valence-corrected chi connectivity index (χ2v) is 2.81. The number of aliphatic hydroxyl groups excluding tert-OH is 1. The lowest BCUT2D eigenvalue weighted by Crippen LogP contribution is -2.57. The zero-order valence-electron chi connectivity index (χ0n) is 6.37. The van der Waals surface area contributed by atoms with Crippen LogP contribution in [-0.4, -0.2) is 35.6 Å². The molecule has 0 aromatic rings. The maximum atomic E-state index is 11.0. The molecule has 3 nitrogen and oxygen atoms in total. The molecular weight excluding hydrogens is 130 g/mol. The Morgan fingerprint density at radius 1 is 1.70 bits per heavy atom. The minimum Gasteiger partial charge on any atom is -0.396 e. The molecule has 0 saturated carbocycles. The van der Waals surface area contributed by atoms with Gasteiger partial charge in [0.15, 0.2) is 0 Å². The average molecular weight is 143 g/mol.